The van der Waals surface area contributed by atoms with E-state index in [1.54, 1.807) is 11.6 Å². The SMILES string of the molecule is FC(F)(F)Oc1c(Cl)cc(-c2nccs2)c2oc(N3CC4CCCC3CN4)nc12. The Balaban J connectivity index is 1.67. The number of halogens is 4. The van der Waals surface area contributed by atoms with Crippen LogP contribution in [0.2, 0.25) is 5.02 Å². The van der Waals surface area contributed by atoms with Crippen LogP contribution in [-0.4, -0.2) is 41.5 Å². The Morgan fingerprint density at radius 2 is 2.21 bits per heavy atom. The summed E-state index contributed by atoms with van der Waals surface area (Å²) in [5.74, 6) is -0.553. The summed E-state index contributed by atoms with van der Waals surface area (Å²) in [5, 5.41) is 5.64. The lowest BCUT2D eigenvalue weighted by Gasteiger charge is -2.36. The maximum absolute atomic E-state index is 13.0. The van der Waals surface area contributed by atoms with Crippen molar-refractivity contribution in [3.05, 3.63) is 22.7 Å². The van der Waals surface area contributed by atoms with Gasteiger partial charge >= 0.3 is 6.36 Å². The summed E-state index contributed by atoms with van der Waals surface area (Å²) in [4.78, 5) is 10.7. The maximum Gasteiger partial charge on any atom is 0.573 e. The van der Waals surface area contributed by atoms with Crippen LogP contribution in [0.3, 0.4) is 0 Å². The Bertz CT molecular complexity index is 1040. The zero-order valence-corrected chi connectivity index (χ0v) is 16.6. The number of piperazine rings is 1. The molecule has 0 saturated carbocycles. The predicted molar refractivity (Wildman–Crippen MR) is 104 cm³/mol. The maximum atomic E-state index is 13.0. The van der Waals surface area contributed by atoms with Crippen molar-refractivity contribution in [1.82, 2.24) is 15.3 Å². The molecule has 3 aromatic rings. The molecule has 0 spiro atoms. The number of oxazole rings is 1. The average Bonchev–Trinajstić information content (AvgIpc) is 3.25. The summed E-state index contributed by atoms with van der Waals surface area (Å²) in [6.07, 6.45) is -0.196. The molecule has 1 aromatic carbocycles. The van der Waals surface area contributed by atoms with Crippen LogP contribution in [0.4, 0.5) is 19.2 Å². The third-order valence-corrected chi connectivity index (χ3v) is 6.37. The predicted octanol–water partition coefficient (Wildman–Crippen LogP) is 4.83. The fourth-order valence-electron chi connectivity index (χ4n) is 4.02. The molecule has 1 N–H and O–H groups in total. The highest BCUT2D eigenvalue weighted by atomic mass is 35.5. The Hall–Kier alpha value is -2.04. The first-order valence-electron chi connectivity index (χ1n) is 9.18. The van der Waals surface area contributed by atoms with Crippen molar-refractivity contribution in [2.75, 3.05) is 18.0 Å². The monoisotopic (exact) mass is 444 g/mol. The van der Waals surface area contributed by atoms with Crippen molar-refractivity contribution < 1.29 is 22.3 Å². The van der Waals surface area contributed by atoms with Crippen LogP contribution in [0.5, 0.6) is 5.75 Å². The molecule has 2 bridgehead atoms. The van der Waals surface area contributed by atoms with Crippen molar-refractivity contribution in [2.24, 2.45) is 0 Å². The quantitative estimate of drug-likeness (QED) is 0.624. The zero-order chi connectivity index (χ0) is 20.2. The second-order valence-electron chi connectivity index (χ2n) is 7.14. The normalized spacial score (nSPS) is 22.3. The van der Waals surface area contributed by atoms with E-state index in [1.165, 1.54) is 17.4 Å². The molecule has 5 heterocycles. The van der Waals surface area contributed by atoms with Crippen molar-refractivity contribution >= 4 is 40.1 Å². The molecule has 154 valence electrons. The highest BCUT2D eigenvalue weighted by Gasteiger charge is 2.37. The number of hydrogen-bond donors (Lipinski definition) is 1. The van der Waals surface area contributed by atoms with Crippen LogP contribution in [0.15, 0.2) is 22.1 Å². The van der Waals surface area contributed by atoms with Crippen molar-refractivity contribution in [1.29, 1.82) is 0 Å². The minimum absolute atomic E-state index is 0.0527. The van der Waals surface area contributed by atoms with E-state index in [4.69, 9.17) is 16.0 Å². The standard InChI is InChI=1S/C18H16ClF3N4O2S/c19-12-6-11(16-23-4-5-29-16)14-13(15(12)28-18(20,21)22)25-17(27-14)26-8-9-2-1-3-10(26)7-24-9/h4-6,9-10,24H,1-3,7-8H2. The number of ether oxygens (including phenoxy) is 1. The van der Waals surface area contributed by atoms with Gasteiger partial charge in [0.05, 0.1) is 10.6 Å². The first-order valence-corrected chi connectivity index (χ1v) is 10.4. The molecule has 3 fully saturated rings. The van der Waals surface area contributed by atoms with Crippen molar-refractivity contribution in [3.63, 3.8) is 0 Å². The Morgan fingerprint density at radius 3 is 2.97 bits per heavy atom. The average molecular weight is 445 g/mol. The molecule has 29 heavy (non-hydrogen) atoms. The molecule has 11 heteroatoms. The molecule has 2 aromatic heterocycles. The topological polar surface area (TPSA) is 63.4 Å². The summed E-state index contributed by atoms with van der Waals surface area (Å²) in [6.45, 7) is 1.47. The smallest absolute Gasteiger partial charge is 0.422 e. The number of fused-ring (bicyclic) bond motifs is 5. The molecule has 6 rings (SSSR count). The van der Waals surface area contributed by atoms with Gasteiger partial charge in [0, 0.05) is 36.8 Å². The van der Waals surface area contributed by atoms with Gasteiger partial charge in [-0.25, -0.2) is 4.98 Å². The second-order valence-corrected chi connectivity index (χ2v) is 8.44. The molecule has 3 saturated heterocycles. The number of thiazole rings is 1. The molecule has 0 radical (unpaired) electrons. The van der Waals surface area contributed by atoms with Crippen LogP contribution >= 0.6 is 22.9 Å². The Labute approximate surface area is 172 Å². The van der Waals surface area contributed by atoms with E-state index in [9.17, 15) is 13.2 Å². The number of aromatic nitrogens is 2. The molecule has 3 aliphatic heterocycles. The summed E-state index contributed by atoms with van der Waals surface area (Å²) in [7, 11) is 0. The number of alkyl halides is 3. The summed E-state index contributed by atoms with van der Waals surface area (Å²) >= 11 is 7.50. The third kappa shape index (κ3) is 3.53. The number of nitrogens with zero attached hydrogens (tertiary/aromatic N) is 3. The van der Waals surface area contributed by atoms with Gasteiger partial charge in [-0.3, -0.25) is 0 Å². The fraction of sp³-hybridized carbons (Fsp3) is 0.444. The highest BCUT2D eigenvalue weighted by Crippen LogP contribution is 2.44. The van der Waals surface area contributed by atoms with Gasteiger partial charge in [-0.05, 0) is 25.3 Å². The number of rotatable bonds is 3. The summed E-state index contributed by atoms with van der Waals surface area (Å²) in [6, 6.07) is 2.14. The van der Waals surface area contributed by atoms with Gasteiger partial charge in [0.15, 0.2) is 16.8 Å². The first-order chi connectivity index (χ1) is 13.9. The number of anilines is 1. The molecule has 6 nitrogen and oxygen atoms in total. The third-order valence-electron chi connectivity index (χ3n) is 5.28. The van der Waals surface area contributed by atoms with Gasteiger partial charge in [-0.2, -0.15) is 4.98 Å². The van der Waals surface area contributed by atoms with Gasteiger partial charge in [0.1, 0.15) is 5.01 Å². The lowest BCUT2D eigenvalue weighted by Crippen LogP contribution is -2.54. The minimum atomic E-state index is -4.90. The lowest BCUT2D eigenvalue weighted by atomic mass is 10.1. The van der Waals surface area contributed by atoms with Crippen LogP contribution in [0, 0.1) is 0 Å². The van der Waals surface area contributed by atoms with Gasteiger partial charge in [-0.15, -0.1) is 24.5 Å². The van der Waals surface area contributed by atoms with Gasteiger partial charge < -0.3 is 19.4 Å². The van der Waals surface area contributed by atoms with Crippen molar-refractivity contribution in [2.45, 2.75) is 37.7 Å². The van der Waals surface area contributed by atoms with Gasteiger partial charge in [-0.1, -0.05) is 11.6 Å². The minimum Gasteiger partial charge on any atom is -0.422 e. The number of hydrogen-bond acceptors (Lipinski definition) is 7. The molecule has 2 unspecified atom stereocenters. The largest absolute Gasteiger partial charge is 0.573 e. The molecular formula is C18H16ClF3N4O2S. The second kappa shape index (κ2) is 7.03. The number of benzene rings is 1. The zero-order valence-electron chi connectivity index (χ0n) is 15.0. The van der Waals surface area contributed by atoms with Crippen LogP contribution in [0.25, 0.3) is 21.7 Å². The van der Waals surface area contributed by atoms with Crippen molar-refractivity contribution in [3.8, 4) is 16.3 Å². The molecular weight excluding hydrogens is 429 g/mol. The van der Waals surface area contributed by atoms with E-state index >= 15 is 0 Å². The van der Waals surface area contributed by atoms with Crippen LogP contribution < -0.4 is 15.0 Å². The first kappa shape index (κ1) is 19.0. The van der Waals surface area contributed by atoms with E-state index in [2.05, 4.69) is 20.0 Å². The van der Waals surface area contributed by atoms with Crippen LogP contribution in [-0.2, 0) is 0 Å². The molecule has 3 aliphatic rings. The highest BCUT2D eigenvalue weighted by molar-refractivity contribution is 7.13. The number of nitrogens with one attached hydrogen (secondary N) is 1. The lowest BCUT2D eigenvalue weighted by molar-refractivity contribution is -0.274. The summed E-state index contributed by atoms with van der Waals surface area (Å²) in [5.41, 5.74) is 0.626. The van der Waals surface area contributed by atoms with E-state index in [0.717, 1.165) is 25.8 Å². The fourth-order valence-corrected chi connectivity index (χ4v) is 4.90. The Kier molecular flexibility index (Phi) is 4.60. The Morgan fingerprint density at radius 1 is 1.34 bits per heavy atom. The van der Waals surface area contributed by atoms with E-state index in [0.29, 0.717) is 23.2 Å². The van der Waals surface area contributed by atoms with Gasteiger partial charge in [0.2, 0.25) is 0 Å². The molecule has 0 amide bonds. The molecule has 0 aliphatic carbocycles. The summed E-state index contributed by atoms with van der Waals surface area (Å²) < 4.78 is 49.2. The van der Waals surface area contributed by atoms with E-state index in [1.807, 2.05) is 4.90 Å². The van der Waals surface area contributed by atoms with E-state index < -0.39 is 12.1 Å². The van der Waals surface area contributed by atoms with Gasteiger partial charge in [0.25, 0.3) is 6.01 Å². The van der Waals surface area contributed by atoms with E-state index in [-0.39, 0.29) is 28.2 Å². The molecule has 2 atom stereocenters. The van der Waals surface area contributed by atoms with Crippen LogP contribution in [0.1, 0.15) is 19.3 Å².